The quantitative estimate of drug-likeness (QED) is 0.836. The fourth-order valence-corrected chi connectivity index (χ4v) is 2.56. The summed E-state index contributed by atoms with van der Waals surface area (Å²) in [6, 6.07) is 4.28. The van der Waals surface area contributed by atoms with Gasteiger partial charge in [0.25, 0.3) is 5.91 Å². The first-order valence-corrected chi connectivity index (χ1v) is 7.64. The molecule has 0 spiro atoms. The lowest BCUT2D eigenvalue weighted by Gasteiger charge is -2.11. The van der Waals surface area contributed by atoms with E-state index in [0.29, 0.717) is 0 Å². The molecule has 1 amide bonds. The number of anilines is 1. The van der Waals surface area contributed by atoms with Crippen LogP contribution in [0.5, 0.6) is 5.75 Å². The van der Waals surface area contributed by atoms with E-state index in [1.807, 2.05) is 0 Å². The number of ether oxygens (including phenoxy) is 1. The number of benzene rings is 1. The number of hydrogen-bond donors (Lipinski definition) is 1. The molecule has 0 aliphatic carbocycles. The van der Waals surface area contributed by atoms with Crippen molar-refractivity contribution in [2.75, 3.05) is 18.7 Å². The lowest BCUT2D eigenvalue weighted by molar-refractivity contribution is 0.102. The zero-order chi connectivity index (χ0) is 15.6. The molecule has 0 unspecified atom stereocenters. The Morgan fingerprint density at radius 3 is 2.62 bits per heavy atom. The zero-order valence-electron chi connectivity index (χ0n) is 11.6. The van der Waals surface area contributed by atoms with Crippen LogP contribution in [0, 0.1) is 0 Å². The number of amides is 1. The van der Waals surface area contributed by atoms with Crippen LogP contribution in [0.3, 0.4) is 0 Å². The van der Waals surface area contributed by atoms with Crippen molar-refractivity contribution in [1.29, 1.82) is 0 Å². The first-order chi connectivity index (χ1) is 9.84. The van der Waals surface area contributed by atoms with Gasteiger partial charge in [-0.2, -0.15) is 0 Å². The molecule has 21 heavy (non-hydrogen) atoms. The van der Waals surface area contributed by atoms with Crippen LogP contribution in [-0.2, 0) is 16.9 Å². The normalized spacial score (nSPS) is 11.2. The fourth-order valence-electron chi connectivity index (χ4n) is 1.70. The number of carbonyl (C=O) groups excluding carboxylic acids is 1. The van der Waals surface area contributed by atoms with Gasteiger partial charge in [0.2, 0.25) is 5.95 Å². The van der Waals surface area contributed by atoms with Gasteiger partial charge in [-0.3, -0.25) is 10.1 Å². The maximum absolute atomic E-state index is 12.2. The second-order valence-electron chi connectivity index (χ2n) is 4.19. The van der Waals surface area contributed by atoms with E-state index in [9.17, 15) is 13.2 Å². The van der Waals surface area contributed by atoms with Crippen LogP contribution in [0.1, 0.15) is 10.4 Å². The Bertz CT molecular complexity index is 784. The monoisotopic (exact) mass is 311 g/mol. The molecule has 0 saturated carbocycles. The summed E-state index contributed by atoms with van der Waals surface area (Å²) in [5, 5.41) is 13.1. The van der Waals surface area contributed by atoms with Gasteiger partial charge < -0.3 is 4.74 Å². The molecular formula is C11H13N5O4S. The van der Waals surface area contributed by atoms with Gasteiger partial charge in [0.05, 0.1) is 12.7 Å². The second-order valence-corrected chi connectivity index (χ2v) is 6.17. The van der Waals surface area contributed by atoms with E-state index in [1.165, 1.54) is 30.0 Å². The molecule has 1 aromatic heterocycles. The third kappa shape index (κ3) is 2.99. The SMILES string of the molecule is COc1c(C(=O)Nc2nnnn2C)cccc1S(C)(=O)=O. The summed E-state index contributed by atoms with van der Waals surface area (Å²) in [5.74, 6) is -0.463. The molecule has 10 heteroatoms. The number of nitrogens with one attached hydrogen (secondary N) is 1. The molecular weight excluding hydrogens is 298 g/mol. The summed E-state index contributed by atoms with van der Waals surface area (Å²) in [6.07, 6.45) is 1.04. The molecule has 112 valence electrons. The van der Waals surface area contributed by atoms with Gasteiger partial charge in [0.1, 0.15) is 10.6 Å². The molecule has 9 nitrogen and oxygen atoms in total. The van der Waals surface area contributed by atoms with Crippen molar-refractivity contribution >= 4 is 21.7 Å². The van der Waals surface area contributed by atoms with Crippen LogP contribution in [0.25, 0.3) is 0 Å². The van der Waals surface area contributed by atoms with Crippen LogP contribution in [0.15, 0.2) is 23.1 Å². The molecule has 0 atom stereocenters. The predicted octanol–water partition coefficient (Wildman–Crippen LogP) is -0.126. The van der Waals surface area contributed by atoms with Gasteiger partial charge in [-0.05, 0) is 22.6 Å². The highest BCUT2D eigenvalue weighted by atomic mass is 32.2. The van der Waals surface area contributed by atoms with E-state index in [2.05, 4.69) is 20.8 Å². The molecule has 0 fully saturated rings. The largest absolute Gasteiger partial charge is 0.495 e. The molecule has 0 radical (unpaired) electrons. The Kier molecular flexibility index (Phi) is 3.89. The first-order valence-electron chi connectivity index (χ1n) is 5.75. The number of sulfone groups is 1. The molecule has 1 heterocycles. The van der Waals surface area contributed by atoms with Crippen molar-refractivity contribution in [3.05, 3.63) is 23.8 Å². The van der Waals surface area contributed by atoms with E-state index in [0.717, 1.165) is 6.26 Å². The highest BCUT2D eigenvalue weighted by molar-refractivity contribution is 7.90. The molecule has 0 saturated heterocycles. The van der Waals surface area contributed by atoms with Gasteiger partial charge >= 0.3 is 0 Å². The van der Waals surface area contributed by atoms with Gasteiger partial charge in [0.15, 0.2) is 9.84 Å². The number of aryl methyl sites for hydroxylation is 1. The Hall–Kier alpha value is -2.49. The predicted molar refractivity (Wildman–Crippen MR) is 72.9 cm³/mol. The van der Waals surface area contributed by atoms with Crippen molar-refractivity contribution in [1.82, 2.24) is 20.2 Å². The number of nitrogens with zero attached hydrogens (tertiary/aromatic N) is 4. The highest BCUT2D eigenvalue weighted by Gasteiger charge is 2.22. The third-order valence-corrected chi connectivity index (χ3v) is 3.79. The van der Waals surface area contributed by atoms with Crippen LogP contribution in [-0.4, -0.2) is 47.9 Å². The second kappa shape index (κ2) is 5.48. The molecule has 0 aliphatic heterocycles. The van der Waals surface area contributed by atoms with E-state index in [-0.39, 0.29) is 22.2 Å². The minimum absolute atomic E-state index is 0.0207. The summed E-state index contributed by atoms with van der Waals surface area (Å²) in [5.41, 5.74) is 0.0726. The number of carbonyl (C=O) groups is 1. The third-order valence-electron chi connectivity index (χ3n) is 2.67. The van der Waals surface area contributed by atoms with Gasteiger partial charge in [-0.1, -0.05) is 11.2 Å². The Balaban J connectivity index is 2.45. The summed E-state index contributed by atoms with van der Waals surface area (Å²) in [4.78, 5) is 12.2. The van der Waals surface area contributed by atoms with E-state index < -0.39 is 15.7 Å². The maximum Gasteiger partial charge on any atom is 0.261 e. The topological polar surface area (TPSA) is 116 Å². The number of hydrogen-bond acceptors (Lipinski definition) is 7. The Morgan fingerprint density at radius 2 is 2.10 bits per heavy atom. The molecule has 0 aliphatic rings. The minimum atomic E-state index is -3.52. The number of para-hydroxylation sites is 1. The van der Waals surface area contributed by atoms with Crippen LogP contribution < -0.4 is 10.1 Å². The summed E-state index contributed by atoms with van der Waals surface area (Å²) >= 11 is 0. The first kappa shape index (κ1) is 14.9. The van der Waals surface area contributed by atoms with Crippen LogP contribution in [0.4, 0.5) is 5.95 Å². The number of tetrazole rings is 1. The molecule has 1 aromatic carbocycles. The summed E-state index contributed by atoms with van der Waals surface area (Å²) in [7, 11) is -0.671. The van der Waals surface area contributed by atoms with Crippen molar-refractivity contribution < 1.29 is 17.9 Å². The highest BCUT2D eigenvalue weighted by Crippen LogP contribution is 2.28. The minimum Gasteiger partial charge on any atom is -0.495 e. The Labute approximate surface area is 120 Å². The molecule has 0 bridgehead atoms. The standard InChI is InChI=1S/C11H13N5O4S/c1-16-11(13-14-15-16)12-10(17)7-5-4-6-8(9(7)20-2)21(3,18)19/h4-6H,1-3H3,(H,12,13,15,17). The van der Waals surface area contributed by atoms with Crippen molar-refractivity contribution in [2.45, 2.75) is 4.90 Å². The van der Waals surface area contributed by atoms with E-state index >= 15 is 0 Å². The van der Waals surface area contributed by atoms with Gasteiger partial charge in [0, 0.05) is 13.3 Å². The fraction of sp³-hybridized carbons (Fsp3) is 0.273. The number of aromatic nitrogens is 4. The zero-order valence-corrected chi connectivity index (χ0v) is 12.4. The molecule has 2 rings (SSSR count). The van der Waals surface area contributed by atoms with E-state index in [4.69, 9.17) is 4.74 Å². The summed E-state index contributed by atoms with van der Waals surface area (Å²) in [6.45, 7) is 0. The van der Waals surface area contributed by atoms with Crippen molar-refractivity contribution in [3.8, 4) is 5.75 Å². The molecule has 2 aromatic rings. The lowest BCUT2D eigenvalue weighted by atomic mass is 10.2. The average Bonchev–Trinajstić information content (AvgIpc) is 2.82. The van der Waals surface area contributed by atoms with Gasteiger partial charge in [-0.25, -0.2) is 13.1 Å². The summed E-state index contributed by atoms with van der Waals surface area (Å²) < 4.78 is 29.8. The van der Waals surface area contributed by atoms with Crippen molar-refractivity contribution in [3.63, 3.8) is 0 Å². The smallest absolute Gasteiger partial charge is 0.261 e. The Morgan fingerprint density at radius 1 is 1.38 bits per heavy atom. The van der Waals surface area contributed by atoms with Crippen LogP contribution >= 0.6 is 0 Å². The maximum atomic E-state index is 12.2. The lowest BCUT2D eigenvalue weighted by Crippen LogP contribution is -2.17. The molecule has 1 N–H and O–H groups in total. The average molecular weight is 311 g/mol. The van der Waals surface area contributed by atoms with Gasteiger partial charge in [-0.15, -0.1) is 0 Å². The number of methoxy groups -OCH3 is 1. The number of rotatable bonds is 4. The van der Waals surface area contributed by atoms with E-state index in [1.54, 1.807) is 7.05 Å². The van der Waals surface area contributed by atoms with Crippen LogP contribution in [0.2, 0.25) is 0 Å². The van der Waals surface area contributed by atoms with Crippen molar-refractivity contribution in [2.24, 2.45) is 7.05 Å².